The van der Waals surface area contributed by atoms with Crippen LogP contribution < -0.4 is 10.6 Å². The molecule has 2 heterocycles. The molecule has 1 aliphatic heterocycles. The molecule has 0 amide bonds. The highest BCUT2D eigenvalue weighted by atomic mass is 15.2. The largest absolute Gasteiger partial charge is 0.329 e. The molecule has 4 heteroatoms. The maximum atomic E-state index is 6.02. The van der Waals surface area contributed by atoms with Gasteiger partial charge in [-0.05, 0) is 49.6 Å². The first-order valence-electron chi connectivity index (χ1n) is 8.35. The lowest BCUT2D eigenvalue weighted by molar-refractivity contribution is 0.308. The highest BCUT2D eigenvalue weighted by molar-refractivity contribution is 5.58. The number of nitrogens with two attached hydrogens (primary N) is 1. The minimum absolute atomic E-state index is 0.292. The molecule has 0 saturated carbocycles. The predicted molar refractivity (Wildman–Crippen MR) is 95.8 cm³/mol. The number of anilines is 2. The van der Waals surface area contributed by atoms with Crippen LogP contribution in [-0.2, 0) is 6.54 Å². The molecule has 0 bridgehead atoms. The number of benzene rings is 1. The van der Waals surface area contributed by atoms with E-state index in [2.05, 4.69) is 46.0 Å². The summed E-state index contributed by atoms with van der Waals surface area (Å²) in [4.78, 5) is 9.21. The summed E-state index contributed by atoms with van der Waals surface area (Å²) >= 11 is 0. The van der Waals surface area contributed by atoms with Gasteiger partial charge in [-0.25, -0.2) is 4.98 Å². The van der Waals surface area contributed by atoms with E-state index in [1.807, 2.05) is 31.4 Å². The smallest absolute Gasteiger partial charge is 0.132 e. The molecule has 2 unspecified atom stereocenters. The molecule has 4 nitrogen and oxygen atoms in total. The van der Waals surface area contributed by atoms with Crippen molar-refractivity contribution in [3.05, 3.63) is 54.2 Å². The topological polar surface area (TPSA) is 45.4 Å². The summed E-state index contributed by atoms with van der Waals surface area (Å²) in [6.45, 7) is 5.32. The first-order valence-corrected chi connectivity index (χ1v) is 8.35. The maximum absolute atomic E-state index is 6.02. The van der Waals surface area contributed by atoms with Crippen LogP contribution in [0.3, 0.4) is 0 Å². The Morgan fingerprint density at radius 1 is 1.26 bits per heavy atom. The molecule has 0 aliphatic carbocycles. The molecule has 122 valence electrons. The molecule has 1 aliphatic rings. The summed E-state index contributed by atoms with van der Waals surface area (Å²) in [6, 6.07) is 14.9. The van der Waals surface area contributed by atoms with Gasteiger partial charge >= 0.3 is 0 Å². The minimum Gasteiger partial charge on any atom is -0.329 e. The fraction of sp³-hybridized carbons (Fsp3) is 0.421. The number of pyridine rings is 1. The summed E-state index contributed by atoms with van der Waals surface area (Å²) in [6.07, 6.45) is 3.20. The SMILES string of the molecule is CC(N)C1CCN(Cc2ccc(N(C)c3ccccc3)nc2)C1. The van der Waals surface area contributed by atoms with Gasteiger partial charge in [-0.3, -0.25) is 4.90 Å². The molecule has 23 heavy (non-hydrogen) atoms. The Morgan fingerprint density at radius 3 is 2.65 bits per heavy atom. The molecule has 2 aromatic rings. The van der Waals surface area contributed by atoms with Crippen LogP contribution in [0.1, 0.15) is 18.9 Å². The monoisotopic (exact) mass is 310 g/mol. The van der Waals surface area contributed by atoms with Gasteiger partial charge in [0.25, 0.3) is 0 Å². The van der Waals surface area contributed by atoms with Gasteiger partial charge in [0.05, 0.1) is 0 Å². The van der Waals surface area contributed by atoms with Crippen LogP contribution in [0.15, 0.2) is 48.7 Å². The molecule has 1 aromatic carbocycles. The predicted octanol–water partition coefficient (Wildman–Crippen LogP) is 3.02. The number of hydrogen-bond donors (Lipinski definition) is 1. The quantitative estimate of drug-likeness (QED) is 0.922. The molecule has 1 fully saturated rings. The highest BCUT2D eigenvalue weighted by Crippen LogP contribution is 2.23. The summed E-state index contributed by atoms with van der Waals surface area (Å²) in [5.41, 5.74) is 8.43. The maximum Gasteiger partial charge on any atom is 0.132 e. The first-order chi connectivity index (χ1) is 11.1. The molecule has 0 radical (unpaired) electrons. The van der Waals surface area contributed by atoms with Gasteiger partial charge in [0.15, 0.2) is 0 Å². The van der Waals surface area contributed by atoms with Crippen molar-refractivity contribution in [2.45, 2.75) is 25.9 Å². The van der Waals surface area contributed by atoms with E-state index in [0.29, 0.717) is 12.0 Å². The summed E-state index contributed by atoms with van der Waals surface area (Å²) in [5, 5.41) is 0. The average molecular weight is 310 g/mol. The van der Waals surface area contributed by atoms with E-state index >= 15 is 0 Å². The number of para-hydroxylation sites is 1. The van der Waals surface area contributed by atoms with Crippen LogP contribution in [0, 0.1) is 5.92 Å². The molecule has 2 atom stereocenters. The number of aromatic nitrogens is 1. The molecule has 1 aromatic heterocycles. The lowest BCUT2D eigenvalue weighted by Crippen LogP contribution is -2.29. The molecule has 1 saturated heterocycles. The van der Waals surface area contributed by atoms with Crippen molar-refractivity contribution in [1.82, 2.24) is 9.88 Å². The third kappa shape index (κ3) is 3.89. The Morgan fingerprint density at radius 2 is 2.04 bits per heavy atom. The lowest BCUT2D eigenvalue weighted by Gasteiger charge is -2.20. The van der Waals surface area contributed by atoms with E-state index in [4.69, 9.17) is 5.73 Å². The van der Waals surface area contributed by atoms with Crippen LogP contribution in [-0.4, -0.2) is 36.1 Å². The van der Waals surface area contributed by atoms with Crippen molar-refractivity contribution in [3.63, 3.8) is 0 Å². The number of rotatable bonds is 5. The van der Waals surface area contributed by atoms with Crippen molar-refractivity contribution >= 4 is 11.5 Å². The third-order valence-electron chi connectivity index (χ3n) is 4.75. The molecule has 0 spiro atoms. The molecular formula is C19H26N4. The molecule has 3 rings (SSSR count). The van der Waals surface area contributed by atoms with E-state index in [1.165, 1.54) is 12.0 Å². The second-order valence-corrected chi connectivity index (χ2v) is 6.56. The minimum atomic E-state index is 0.292. The Bertz CT molecular complexity index is 609. The molecule has 2 N–H and O–H groups in total. The standard InChI is InChI=1S/C19H26N4/c1-15(20)17-10-11-23(14-17)13-16-8-9-19(21-12-16)22(2)18-6-4-3-5-7-18/h3-9,12,15,17H,10-11,13-14,20H2,1-2H3. The fourth-order valence-electron chi connectivity index (χ4n) is 3.19. The van der Waals surface area contributed by atoms with Crippen LogP contribution in [0.5, 0.6) is 0 Å². The van der Waals surface area contributed by atoms with Crippen LogP contribution >= 0.6 is 0 Å². The number of likely N-dealkylation sites (tertiary alicyclic amines) is 1. The second kappa shape index (κ2) is 7.11. The van der Waals surface area contributed by atoms with E-state index < -0.39 is 0 Å². The van der Waals surface area contributed by atoms with E-state index in [1.54, 1.807) is 0 Å². The normalized spacial score (nSPS) is 19.7. The summed E-state index contributed by atoms with van der Waals surface area (Å²) in [7, 11) is 2.05. The van der Waals surface area contributed by atoms with Crippen LogP contribution in [0.2, 0.25) is 0 Å². The van der Waals surface area contributed by atoms with Crippen molar-refractivity contribution in [2.75, 3.05) is 25.0 Å². The second-order valence-electron chi connectivity index (χ2n) is 6.56. The Hall–Kier alpha value is -1.91. The summed E-state index contributed by atoms with van der Waals surface area (Å²) in [5.74, 6) is 1.60. The van der Waals surface area contributed by atoms with Gasteiger partial charge < -0.3 is 10.6 Å². The zero-order valence-electron chi connectivity index (χ0n) is 14.0. The Kier molecular flexibility index (Phi) is 4.94. The van der Waals surface area contributed by atoms with E-state index in [-0.39, 0.29) is 0 Å². The van der Waals surface area contributed by atoms with E-state index in [9.17, 15) is 0 Å². The van der Waals surface area contributed by atoms with Crippen molar-refractivity contribution < 1.29 is 0 Å². The van der Waals surface area contributed by atoms with Gasteiger partial charge in [0.2, 0.25) is 0 Å². The molecular weight excluding hydrogens is 284 g/mol. The first kappa shape index (κ1) is 16.0. The van der Waals surface area contributed by atoms with E-state index in [0.717, 1.165) is 31.1 Å². The van der Waals surface area contributed by atoms with Crippen molar-refractivity contribution in [2.24, 2.45) is 11.7 Å². The summed E-state index contributed by atoms with van der Waals surface area (Å²) < 4.78 is 0. The van der Waals surface area contributed by atoms with Crippen LogP contribution in [0.4, 0.5) is 11.5 Å². The zero-order valence-corrected chi connectivity index (χ0v) is 14.0. The zero-order chi connectivity index (χ0) is 16.2. The van der Waals surface area contributed by atoms with Crippen molar-refractivity contribution in [3.8, 4) is 0 Å². The Labute approximate surface area is 138 Å². The van der Waals surface area contributed by atoms with Crippen LogP contribution in [0.25, 0.3) is 0 Å². The fourth-order valence-corrected chi connectivity index (χ4v) is 3.19. The number of hydrogen-bond acceptors (Lipinski definition) is 4. The average Bonchev–Trinajstić information content (AvgIpc) is 3.04. The highest BCUT2D eigenvalue weighted by Gasteiger charge is 2.25. The number of nitrogens with zero attached hydrogens (tertiary/aromatic N) is 3. The van der Waals surface area contributed by atoms with Gasteiger partial charge in [0.1, 0.15) is 5.82 Å². The lowest BCUT2D eigenvalue weighted by atomic mass is 10.0. The Balaban J connectivity index is 1.62. The van der Waals surface area contributed by atoms with Gasteiger partial charge in [-0.1, -0.05) is 24.3 Å². The van der Waals surface area contributed by atoms with Gasteiger partial charge in [-0.15, -0.1) is 0 Å². The third-order valence-corrected chi connectivity index (χ3v) is 4.75. The van der Waals surface area contributed by atoms with Gasteiger partial charge in [-0.2, -0.15) is 0 Å². The van der Waals surface area contributed by atoms with Crippen molar-refractivity contribution in [1.29, 1.82) is 0 Å². The van der Waals surface area contributed by atoms with Gasteiger partial charge in [0, 0.05) is 38.1 Å².